The summed E-state index contributed by atoms with van der Waals surface area (Å²) in [5.74, 6) is -1.91. The molecule has 1 aromatic carbocycles. The van der Waals surface area contributed by atoms with Gasteiger partial charge in [0.15, 0.2) is 11.9 Å². The highest BCUT2D eigenvalue weighted by Crippen LogP contribution is 2.44. The fraction of sp³-hybridized carbons (Fsp3) is 0.591. The number of carbonyl (C=O) groups is 3. The summed E-state index contributed by atoms with van der Waals surface area (Å²) >= 11 is 0. The lowest BCUT2D eigenvalue weighted by molar-refractivity contribution is -0.162. The fourth-order valence-corrected chi connectivity index (χ4v) is 4.05. The van der Waals surface area contributed by atoms with E-state index in [4.69, 9.17) is 14.2 Å². The Kier molecular flexibility index (Phi) is 6.08. The highest BCUT2D eigenvalue weighted by molar-refractivity contribution is 6.04. The van der Waals surface area contributed by atoms with E-state index in [9.17, 15) is 19.5 Å². The third-order valence-corrected chi connectivity index (χ3v) is 5.42. The average Bonchev–Trinajstić information content (AvgIpc) is 2.67. The molecule has 3 rings (SSSR count). The van der Waals surface area contributed by atoms with Crippen molar-refractivity contribution in [2.24, 2.45) is 5.92 Å². The zero-order valence-electron chi connectivity index (χ0n) is 17.8. The molecule has 164 valence electrons. The summed E-state index contributed by atoms with van der Waals surface area (Å²) < 4.78 is 16.6. The van der Waals surface area contributed by atoms with E-state index >= 15 is 0 Å². The Morgan fingerprint density at radius 2 is 1.90 bits per heavy atom. The van der Waals surface area contributed by atoms with Crippen LogP contribution in [0.15, 0.2) is 24.3 Å². The maximum atomic E-state index is 13.3. The number of rotatable bonds is 3. The van der Waals surface area contributed by atoms with Gasteiger partial charge in [0.05, 0.1) is 18.1 Å². The summed E-state index contributed by atoms with van der Waals surface area (Å²) in [5, 5.41) is 10.7. The number of para-hydroxylation sites is 1. The first-order valence-corrected chi connectivity index (χ1v) is 10.2. The number of ether oxygens (including phenoxy) is 3. The summed E-state index contributed by atoms with van der Waals surface area (Å²) in [4.78, 5) is 39.6. The average molecular weight is 419 g/mol. The number of esters is 1. The molecule has 2 atom stereocenters. The fourth-order valence-electron chi connectivity index (χ4n) is 4.05. The van der Waals surface area contributed by atoms with E-state index in [1.54, 1.807) is 56.9 Å². The third-order valence-electron chi connectivity index (χ3n) is 5.42. The lowest BCUT2D eigenvalue weighted by Gasteiger charge is -2.48. The van der Waals surface area contributed by atoms with Gasteiger partial charge in [0.2, 0.25) is 0 Å². The molecule has 0 saturated carbocycles. The van der Waals surface area contributed by atoms with Crippen LogP contribution in [0.4, 0.5) is 4.79 Å². The number of benzene rings is 1. The Morgan fingerprint density at radius 3 is 2.50 bits per heavy atom. The van der Waals surface area contributed by atoms with Gasteiger partial charge in [-0.05, 0) is 39.8 Å². The Hall–Kier alpha value is -2.61. The number of piperidine rings is 1. The predicted molar refractivity (Wildman–Crippen MR) is 107 cm³/mol. The van der Waals surface area contributed by atoms with Crippen LogP contribution in [-0.2, 0) is 14.3 Å². The van der Waals surface area contributed by atoms with E-state index in [1.165, 1.54) is 0 Å². The molecule has 1 fully saturated rings. The number of amides is 1. The monoisotopic (exact) mass is 419 g/mol. The number of aliphatic hydroxyl groups excluding tert-OH is 1. The molecule has 0 aromatic heterocycles. The van der Waals surface area contributed by atoms with Gasteiger partial charge in [0, 0.05) is 25.9 Å². The summed E-state index contributed by atoms with van der Waals surface area (Å²) in [6.07, 6.45) is -1.55. The first-order valence-electron chi connectivity index (χ1n) is 10.2. The maximum Gasteiger partial charge on any atom is 0.410 e. The number of ketones is 1. The molecule has 1 aromatic rings. The minimum atomic E-state index is -1.65. The third kappa shape index (κ3) is 4.28. The van der Waals surface area contributed by atoms with E-state index in [0.29, 0.717) is 11.3 Å². The largest absolute Gasteiger partial charge is 0.485 e. The number of carbonyl (C=O) groups excluding carboxylic acids is 3. The molecule has 0 bridgehead atoms. The Balaban J connectivity index is 1.88. The van der Waals surface area contributed by atoms with Crippen molar-refractivity contribution in [1.29, 1.82) is 0 Å². The number of fused-ring (bicyclic) bond motifs is 1. The molecule has 8 nitrogen and oxygen atoms in total. The molecule has 30 heavy (non-hydrogen) atoms. The second-order valence-electron chi connectivity index (χ2n) is 8.67. The van der Waals surface area contributed by atoms with Crippen molar-refractivity contribution in [3.05, 3.63) is 29.8 Å². The molecule has 1 spiro atoms. The van der Waals surface area contributed by atoms with Crippen LogP contribution in [0.5, 0.6) is 5.75 Å². The SMILES string of the molecule is CCOC(=O)C(O)C1C(=O)c2ccccc2OC12CCN(C(=O)OC(C)(C)C)CC2. The highest BCUT2D eigenvalue weighted by Gasteiger charge is 2.56. The molecule has 8 heteroatoms. The standard InChI is InChI=1S/C22H29NO7/c1-5-28-19(26)18(25)16-17(24)14-8-6-7-9-15(14)29-22(16)10-12-23(13-11-22)20(27)30-21(2,3)4/h6-9,16,18,25H,5,10-13H2,1-4H3. The first-order chi connectivity index (χ1) is 14.1. The first kappa shape index (κ1) is 22.1. The molecule has 0 radical (unpaired) electrons. The number of hydrogen-bond acceptors (Lipinski definition) is 7. The van der Waals surface area contributed by atoms with Crippen molar-refractivity contribution in [2.45, 2.75) is 57.8 Å². The molecule has 2 aliphatic heterocycles. The highest BCUT2D eigenvalue weighted by atomic mass is 16.6. The molecular weight excluding hydrogens is 390 g/mol. The van der Waals surface area contributed by atoms with Crippen molar-refractivity contribution in [1.82, 2.24) is 4.90 Å². The lowest BCUT2D eigenvalue weighted by atomic mass is 9.71. The van der Waals surface area contributed by atoms with Crippen LogP contribution in [0.3, 0.4) is 0 Å². The smallest absolute Gasteiger partial charge is 0.410 e. The molecule has 2 unspecified atom stereocenters. The van der Waals surface area contributed by atoms with Crippen LogP contribution in [0.1, 0.15) is 50.9 Å². The molecule has 2 heterocycles. The van der Waals surface area contributed by atoms with Crippen LogP contribution in [0.2, 0.25) is 0 Å². The van der Waals surface area contributed by atoms with E-state index in [2.05, 4.69) is 0 Å². The van der Waals surface area contributed by atoms with Crippen molar-refractivity contribution < 1.29 is 33.7 Å². The van der Waals surface area contributed by atoms with Crippen LogP contribution in [-0.4, -0.2) is 64.9 Å². The number of hydrogen-bond donors (Lipinski definition) is 1. The van der Waals surface area contributed by atoms with Crippen molar-refractivity contribution >= 4 is 17.8 Å². The van der Waals surface area contributed by atoms with E-state index in [0.717, 1.165) is 0 Å². The van der Waals surface area contributed by atoms with Crippen LogP contribution in [0, 0.1) is 5.92 Å². The molecule has 1 N–H and O–H groups in total. The van der Waals surface area contributed by atoms with E-state index in [1.807, 2.05) is 0 Å². The second-order valence-corrected chi connectivity index (χ2v) is 8.67. The van der Waals surface area contributed by atoms with Gasteiger partial charge in [-0.2, -0.15) is 0 Å². The predicted octanol–water partition coefficient (Wildman–Crippen LogP) is 2.57. The zero-order chi connectivity index (χ0) is 22.1. The van der Waals surface area contributed by atoms with E-state index in [-0.39, 0.29) is 38.3 Å². The molecule has 1 amide bonds. The summed E-state index contributed by atoms with van der Waals surface area (Å²) in [7, 11) is 0. The van der Waals surface area contributed by atoms with Gasteiger partial charge in [-0.1, -0.05) is 12.1 Å². The lowest BCUT2D eigenvalue weighted by Crippen LogP contribution is -2.62. The van der Waals surface area contributed by atoms with Crippen LogP contribution >= 0.6 is 0 Å². The Labute approximate surface area is 176 Å². The Morgan fingerprint density at radius 1 is 1.27 bits per heavy atom. The number of nitrogens with zero attached hydrogens (tertiary/aromatic N) is 1. The van der Waals surface area contributed by atoms with Crippen molar-refractivity contribution in [3.8, 4) is 5.75 Å². The minimum Gasteiger partial charge on any atom is -0.485 e. The maximum absolute atomic E-state index is 13.3. The molecular formula is C22H29NO7. The van der Waals surface area contributed by atoms with Gasteiger partial charge in [-0.15, -0.1) is 0 Å². The zero-order valence-corrected chi connectivity index (χ0v) is 17.8. The van der Waals surface area contributed by atoms with Gasteiger partial charge >= 0.3 is 12.1 Å². The van der Waals surface area contributed by atoms with Crippen molar-refractivity contribution in [2.75, 3.05) is 19.7 Å². The number of aliphatic hydroxyl groups is 1. The molecule has 1 saturated heterocycles. The normalized spacial score (nSPS) is 21.4. The second kappa shape index (κ2) is 8.26. The molecule has 2 aliphatic rings. The van der Waals surface area contributed by atoms with Crippen LogP contribution in [0.25, 0.3) is 0 Å². The quantitative estimate of drug-likeness (QED) is 0.751. The van der Waals surface area contributed by atoms with Gasteiger partial charge < -0.3 is 24.2 Å². The Bertz CT molecular complexity index is 821. The van der Waals surface area contributed by atoms with Gasteiger partial charge in [0.1, 0.15) is 17.0 Å². The van der Waals surface area contributed by atoms with Gasteiger partial charge in [-0.3, -0.25) is 4.79 Å². The van der Waals surface area contributed by atoms with Crippen molar-refractivity contribution in [3.63, 3.8) is 0 Å². The van der Waals surface area contributed by atoms with Gasteiger partial charge in [-0.25, -0.2) is 9.59 Å². The summed E-state index contributed by atoms with van der Waals surface area (Å²) in [5.41, 5.74) is -1.41. The number of likely N-dealkylation sites (tertiary alicyclic amines) is 1. The molecule has 0 aliphatic carbocycles. The summed E-state index contributed by atoms with van der Waals surface area (Å²) in [6, 6.07) is 6.78. The van der Waals surface area contributed by atoms with Crippen LogP contribution < -0.4 is 4.74 Å². The summed E-state index contributed by atoms with van der Waals surface area (Å²) in [6.45, 7) is 7.65. The number of Topliss-reactive ketones (excluding diaryl/α,β-unsaturated/α-hetero) is 1. The minimum absolute atomic E-state index is 0.0909. The topological polar surface area (TPSA) is 102 Å². The van der Waals surface area contributed by atoms with Gasteiger partial charge in [0.25, 0.3) is 0 Å². The van der Waals surface area contributed by atoms with E-state index < -0.39 is 35.3 Å².